The number of nitrogens with one attached hydrogen (secondary N) is 1. The molecule has 0 aliphatic rings. The van der Waals surface area contributed by atoms with Crippen LogP contribution in [0, 0.1) is 11.3 Å². The van der Waals surface area contributed by atoms with Crippen molar-refractivity contribution in [3.8, 4) is 6.07 Å². The summed E-state index contributed by atoms with van der Waals surface area (Å²) in [6, 6.07) is 5.57. The van der Waals surface area contributed by atoms with Crippen LogP contribution in [-0.4, -0.2) is 20.6 Å². The molecular formula is C12H14N6. The van der Waals surface area contributed by atoms with E-state index in [9.17, 15) is 0 Å². The lowest BCUT2D eigenvalue weighted by Crippen LogP contribution is -2.22. The van der Waals surface area contributed by atoms with Crippen LogP contribution in [0.2, 0.25) is 0 Å². The molecule has 2 aromatic heterocycles. The Balaban J connectivity index is 2.03. The van der Waals surface area contributed by atoms with Crippen LogP contribution in [-0.2, 0) is 6.54 Å². The summed E-state index contributed by atoms with van der Waals surface area (Å²) in [7, 11) is 0. The first-order chi connectivity index (χ1) is 8.69. The Morgan fingerprint density at radius 1 is 1.56 bits per heavy atom. The minimum absolute atomic E-state index is 0.168. The van der Waals surface area contributed by atoms with Crippen molar-refractivity contribution in [1.82, 2.24) is 14.5 Å². The fraction of sp³-hybridized carbons (Fsp3) is 0.250. The molecule has 6 nitrogen and oxygen atoms in total. The van der Waals surface area contributed by atoms with Crippen molar-refractivity contribution >= 4 is 11.5 Å². The van der Waals surface area contributed by atoms with E-state index >= 15 is 0 Å². The van der Waals surface area contributed by atoms with Gasteiger partial charge in [-0.25, -0.2) is 9.97 Å². The highest BCUT2D eigenvalue weighted by Gasteiger charge is 2.06. The van der Waals surface area contributed by atoms with Crippen LogP contribution in [0.25, 0.3) is 0 Å². The van der Waals surface area contributed by atoms with Crippen molar-refractivity contribution in [2.75, 3.05) is 11.1 Å². The Labute approximate surface area is 105 Å². The second-order valence-electron chi connectivity index (χ2n) is 4.05. The van der Waals surface area contributed by atoms with Gasteiger partial charge in [0.25, 0.3) is 0 Å². The topological polar surface area (TPSA) is 92.5 Å². The van der Waals surface area contributed by atoms with Crippen molar-refractivity contribution < 1.29 is 0 Å². The summed E-state index contributed by atoms with van der Waals surface area (Å²) < 4.78 is 1.97. The van der Waals surface area contributed by atoms with Gasteiger partial charge in [0.2, 0.25) is 0 Å². The van der Waals surface area contributed by atoms with E-state index in [-0.39, 0.29) is 11.7 Å². The molecule has 0 bridgehead atoms. The molecule has 0 saturated carbocycles. The van der Waals surface area contributed by atoms with Crippen LogP contribution in [0.1, 0.15) is 12.6 Å². The van der Waals surface area contributed by atoms with Crippen molar-refractivity contribution in [2.24, 2.45) is 0 Å². The number of aromatic nitrogens is 3. The largest absolute Gasteiger partial charge is 0.396 e. The normalized spacial score (nSPS) is 11.8. The Morgan fingerprint density at radius 2 is 2.39 bits per heavy atom. The van der Waals surface area contributed by atoms with Crippen LogP contribution in [0.15, 0.2) is 30.9 Å². The first-order valence-corrected chi connectivity index (χ1v) is 5.58. The molecular weight excluding hydrogens is 228 g/mol. The molecule has 0 radical (unpaired) electrons. The number of nitrogen functional groups attached to an aromatic ring is 1. The molecule has 2 rings (SSSR count). The third-order valence-electron chi connectivity index (χ3n) is 2.47. The van der Waals surface area contributed by atoms with E-state index in [1.807, 2.05) is 23.8 Å². The summed E-state index contributed by atoms with van der Waals surface area (Å²) >= 11 is 0. The minimum atomic E-state index is 0.168. The molecule has 2 heterocycles. The van der Waals surface area contributed by atoms with E-state index in [0.29, 0.717) is 11.5 Å². The van der Waals surface area contributed by atoms with Gasteiger partial charge in [-0.3, -0.25) is 0 Å². The Morgan fingerprint density at radius 3 is 3.06 bits per heavy atom. The van der Waals surface area contributed by atoms with E-state index in [0.717, 1.165) is 6.54 Å². The Hall–Kier alpha value is -2.55. The molecule has 92 valence electrons. The predicted molar refractivity (Wildman–Crippen MR) is 68.7 cm³/mol. The first-order valence-electron chi connectivity index (χ1n) is 5.58. The van der Waals surface area contributed by atoms with Gasteiger partial charge < -0.3 is 15.6 Å². The number of hydrogen-bond acceptors (Lipinski definition) is 5. The summed E-state index contributed by atoms with van der Waals surface area (Å²) in [6.07, 6.45) is 5.40. The molecule has 0 aromatic carbocycles. The maximum Gasteiger partial charge on any atom is 0.165 e. The number of pyridine rings is 1. The number of anilines is 2. The minimum Gasteiger partial charge on any atom is -0.396 e. The number of nitrogens with two attached hydrogens (primary N) is 1. The highest BCUT2D eigenvalue weighted by Crippen LogP contribution is 2.13. The van der Waals surface area contributed by atoms with Gasteiger partial charge in [0.05, 0.1) is 12.0 Å². The van der Waals surface area contributed by atoms with Crippen molar-refractivity contribution in [3.05, 3.63) is 36.5 Å². The van der Waals surface area contributed by atoms with Gasteiger partial charge in [-0.15, -0.1) is 0 Å². The van der Waals surface area contributed by atoms with Gasteiger partial charge >= 0.3 is 0 Å². The van der Waals surface area contributed by atoms with E-state index in [2.05, 4.69) is 15.3 Å². The van der Waals surface area contributed by atoms with E-state index < -0.39 is 0 Å². The molecule has 0 fully saturated rings. The molecule has 2 aromatic rings. The van der Waals surface area contributed by atoms with Crippen molar-refractivity contribution in [3.63, 3.8) is 0 Å². The molecule has 0 saturated heterocycles. The molecule has 0 amide bonds. The monoisotopic (exact) mass is 242 g/mol. The molecule has 0 aliphatic heterocycles. The summed E-state index contributed by atoms with van der Waals surface area (Å²) in [5, 5.41) is 12.1. The lowest BCUT2D eigenvalue weighted by atomic mass is 10.3. The number of imidazole rings is 1. The van der Waals surface area contributed by atoms with Crippen LogP contribution < -0.4 is 11.1 Å². The zero-order chi connectivity index (χ0) is 13.0. The number of rotatable bonds is 4. The van der Waals surface area contributed by atoms with Gasteiger partial charge in [-0.2, -0.15) is 5.26 Å². The van der Waals surface area contributed by atoms with E-state index in [4.69, 9.17) is 11.0 Å². The van der Waals surface area contributed by atoms with Gasteiger partial charge in [0.1, 0.15) is 11.9 Å². The second kappa shape index (κ2) is 5.19. The average molecular weight is 242 g/mol. The quantitative estimate of drug-likeness (QED) is 0.841. The zero-order valence-electron chi connectivity index (χ0n) is 10.0. The van der Waals surface area contributed by atoms with E-state index in [1.54, 1.807) is 24.7 Å². The smallest absolute Gasteiger partial charge is 0.165 e. The van der Waals surface area contributed by atoms with Gasteiger partial charge in [-0.1, -0.05) is 0 Å². The molecule has 6 heteroatoms. The van der Waals surface area contributed by atoms with Gasteiger partial charge in [0, 0.05) is 25.0 Å². The fourth-order valence-corrected chi connectivity index (χ4v) is 1.65. The average Bonchev–Trinajstić information content (AvgIpc) is 2.84. The van der Waals surface area contributed by atoms with Crippen LogP contribution in [0.4, 0.5) is 11.5 Å². The van der Waals surface area contributed by atoms with Crippen LogP contribution in [0.5, 0.6) is 0 Å². The van der Waals surface area contributed by atoms with Crippen molar-refractivity contribution in [1.29, 1.82) is 5.26 Å². The lowest BCUT2D eigenvalue weighted by Gasteiger charge is -2.15. The summed E-state index contributed by atoms with van der Waals surface area (Å²) in [5.74, 6) is 0.647. The number of nitriles is 1. The molecule has 3 N–H and O–H groups in total. The van der Waals surface area contributed by atoms with Gasteiger partial charge in [-0.05, 0) is 19.1 Å². The lowest BCUT2D eigenvalue weighted by molar-refractivity contribution is 0.617. The third kappa shape index (κ3) is 2.77. The number of hydrogen-bond donors (Lipinski definition) is 2. The standard InChI is InChI=1S/C12H14N6/c1-9(7-18-5-4-15-8-18)16-12-3-2-10(14)11(6-13)17-12/h2-5,8-9H,7,14H2,1H3,(H,16,17). The molecule has 1 unspecified atom stereocenters. The maximum atomic E-state index is 8.85. The van der Waals surface area contributed by atoms with E-state index in [1.165, 1.54) is 0 Å². The Kier molecular flexibility index (Phi) is 3.44. The van der Waals surface area contributed by atoms with Crippen molar-refractivity contribution in [2.45, 2.75) is 19.5 Å². The SMILES string of the molecule is CC(Cn1ccnc1)Nc1ccc(N)c(C#N)n1. The second-order valence-corrected chi connectivity index (χ2v) is 4.05. The maximum absolute atomic E-state index is 8.85. The number of nitrogens with zero attached hydrogens (tertiary/aromatic N) is 4. The van der Waals surface area contributed by atoms with Crippen LogP contribution in [0.3, 0.4) is 0 Å². The molecule has 18 heavy (non-hydrogen) atoms. The zero-order valence-corrected chi connectivity index (χ0v) is 10.0. The Bertz CT molecular complexity index is 554. The van der Waals surface area contributed by atoms with Gasteiger partial charge in [0.15, 0.2) is 5.69 Å². The summed E-state index contributed by atoms with van der Waals surface area (Å²) in [6.45, 7) is 2.80. The molecule has 1 atom stereocenters. The fourth-order valence-electron chi connectivity index (χ4n) is 1.65. The van der Waals surface area contributed by atoms with Crippen LogP contribution >= 0.6 is 0 Å². The summed E-state index contributed by atoms with van der Waals surface area (Å²) in [4.78, 5) is 8.12. The molecule has 0 aliphatic carbocycles. The summed E-state index contributed by atoms with van der Waals surface area (Å²) in [5.41, 5.74) is 6.25. The third-order valence-corrected chi connectivity index (χ3v) is 2.47. The predicted octanol–water partition coefficient (Wildman–Crippen LogP) is 1.23. The highest BCUT2D eigenvalue weighted by atomic mass is 15.1. The first kappa shape index (κ1) is 11.9. The molecule has 0 spiro atoms. The highest BCUT2D eigenvalue weighted by molar-refractivity contribution is 5.54.